The summed E-state index contributed by atoms with van der Waals surface area (Å²) in [5.41, 5.74) is 9.08. The molecular weight excluding hydrogens is 350 g/mol. The van der Waals surface area contributed by atoms with Crippen molar-refractivity contribution in [2.24, 2.45) is 4.99 Å². The standard InChI is InChI=1S/C18H20ClN7/c1-21-8-10-5-6-12(7-14(10)20)24-18-25-16-15(13(19)9-22-16)17(26-18)23-11-3-2-4-11/h5-9,11H,2-4,20H2,1H3,(H3,22,23,24,25,26). The molecule has 0 unspecified atom stereocenters. The lowest BCUT2D eigenvalue weighted by Gasteiger charge is -2.27. The molecular formula is C18H20ClN7. The number of aliphatic imine (C=N–C) groups is 1. The molecule has 134 valence electrons. The molecule has 0 atom stereocenters. The molecule has 1 aromatic carbocycles. The quantitative estimate of drug-likeness (QED) is 0.402. The van der Waals surface area contributed by atoms with Crippen LogP contribution in [-0.2, 0) is 0 Å². The van der Waals surface area contributed by atoms with E-state index in [0.717, 1.165) is 35.3 Å². The molecule has 2 aromatic heterocycles. The molecule has 1 aliphatic carbocycles. The second-order valence-corrected chi connectivity index (χ2v) is 6.79. The number of aromatic amines is 1. The van der Waals surface area contributed by atoms with Gasteiger partial charge in [-0.3, -0.25) is 4.99 Å². The van der Waals surface area contributed by atoms with Crippen molar-refractivity contribution in [3.8, 4) is 0 Å². The first-order valence-corrected chi connectivity index (χ1v) is 8.91. The summed E-state index contributed by atoms with van der Waals surface area (Å²) < 4.78 is 0. The Morgan fingerprint density at radius 1 is 1.35 bits per heavy atom. The summed E-state index contributed by atoms with van der Waals surface area (Å²) >= 11 is 6.30. The summed E-state index contributed by atoms with van der Waals surface area (Å²) in [5, 5.41) is 8.12. The van der Waals surface area contributed by atoms with Gasteiger partial charge in [-0.25, -0.2) is 0 Å². The zero-order chi connectivity index (χ0) is 18.1. The van der Waals surface area contributed by atoms with E-state index >= 15 is 0 Å². The third-order valence-electron chi connectivity index (χ3n) is 4.54. The van der Waals surface area contributed by atoms with Gasteiger partial charge >= 0.3 is 0 Å². The van der Waals surface area contributed by atoms with Crippen LogP contribution in [0.25, 0.3) is 11.0 Å². The third kappa shape index (κ3) is 3.17. The Hall–Kier alpha value is -2.80. The van der Waals surface area contributed by atoms with Crippen LogP contribution in [0.4, 0.5) is 23.1 Å². The molecule has 5 N–H and O–H groups in total. The predicted molar refractivity (Wildman–Crippen MR) is 108 cm³/mol. The molecule has 3 aromatic rings. The number of rotatable bonds is 5. The minimum Gasteiger partial charge on any atom is -0.398 e. The first-order valence-electron chi connectivity index (χ1n) is 8.54. The van der Waals surface area contributed by atoms with Crippen LogP contribution in [0.1, 0.15) is 24.8 Å². The number of halogens is 1. The zero-order valence-corrected chi connectivity index (χ0v) is 15.1. The fraction of sp³-hybridized carbons (Fsp3) is 0.278. The van der Waals surface area contributed by atoms with Gasteiger partial charge < -0.3 is 21.4 Å². The highest BCUT2D eigenvalue weighted by Gasteiger charge is 2.21. The highest BCUT2D eigenvalue weighted by molar-refractivity contribution is 6.36. The molecule has 2 heterocycles. The van der Waals surface area contributed by atoms with E-state index in [1.165, 1.54) is 6.42 Å². The SMILES string of the molecule is CN=Cc1ccc(Nc2nc(NC3CCC3)c3c(Cl)c[nH]c3n2)cc1N. The van der Waals surface area contributed by atoms with Gasteiger partial charge in [0, 0.05) is 42.4 Å². The van der Waals surface area contributed by atoms with Crippen molar-refractivity contribution in [3.63, 3.8) is 0 Å². The second kappa shape index (κ2) is 6.84. The van der Waals surface area contributed by atoms with E-state index in [-0.39, 0.29) is 0 Å². The maximum atomic E-state index is 6.30. The Labute approximate surface area is 156 Å². The van der Waals surface area contributed by atoms with E-state index in [9.17, 15) is 0 Å². The summed E-state index contributed by atoms with van der Waals surface area (Å²) in [4.78, 5) is 16.2. The summed E-state index contributed by atoms with van der Waals surface area (Å²) in [6.45, 7) is 0. The topological polar surface area (TPSA) is 104 Å². The first kappa shape index (κ1) is 16.7. The Kier molecular flexibility index (Phi) is 4.38. The second-order valence-electron chi connectivity index (χ2n) is 6.38. The van der Waals surface area contributed by atoms with E-state index in [2.05, 4.69) is 30.6 Å². The van der Waals surface area contributed by atoms with Gasteiger partial charge in [0.1, 0.15) is 11.5 Å². The number of anilines is 4. The normalized spacial score (nSPS) is 14.7. The minimum atomic E-state index is 0.440. The van der Waals surface area contributed by atoms with Crippen molar-refractivity contribution >= 4 is 52.0 Å². The van der Waals surface area contributed by atoms with Gasteiger partial charge in [0.2, 0.25) is 5.95 Å². The van der Waals surface area contributed by atoms with E-state index in [4.69, 9.17) is 17.3 Å². The molecule has 0 radical (unpaired) electrons. The number of nitrogens with two attached hydrogens (primary N) is 1. The van der Waals surface area contributed by atoms with Crippen molar-refractivity contribution in [1.82, 2.24) is 15.0 Å². The summed E-state index contributed by atoms with van der Waals surface area (Å²) in [6, 6.07) is 6.10. The van der Waals surface area contributed by atoms with Crippen LogP contribution in [0.2, 0.25) is 5.02 Å². The van der Waals surface area contributed by atoms with Crippen molar-refractivity contribution in [2.45, 2.75) is 25.3 Å². The van der Waals surface area contributed by atoms with Crippen molar-refractivity contribution in [1.29, 1.82) is 0 Å². The number of hydrogen-bond donors (Lipinski definition) is 4. The van der Waals surface area contributed by atoms with Crippen LogP contribution in [0.15, 0.2) is 29.4 Å². The van der Waals surface area contributed by atoms with Crippen molar-refractivity contribution in [2.75, 3.05) is 23.4 Å². The average Bonchev–Trinajstić information content (AvgIpc) is 2.95. The monoisotopic (exact) mass is 369 g/mol. The molecule has 0 saturated heterocycles. The highest BCUT2D eigenvalue weighted by Crippen LogP contribution is 2.32. The van der Waals surface area contributed by atoms with Crippen LogP contribution >= 0.6 is 11.6 Å². The molecule has 0 amide bonds. The third-order valence-corrected chi connectivity index (χ3v) is 4.84. The number of nitrogens with zero attached hydrogens (tertiary/aromatic N) is 3. The number of H-pyrrole nitrogens is 1. The van der Waals surface area contributed by atoms with E-state index in [1.54, 1.807) is 19.5 Å². The molecule has 4 rings (SSSR count). The molecule has 26 heavy (non-hydrogen) atoms. The fourth-order valence-corrected chi connectivity index (χ4v) is 3.17. The van der Waals surface area contributed by atoms with E-state index < -0.39 is 0 Å². The Bertz CT molecular complexity index is 975. The molecule has 0 bridgehead atoms. The largest absolute Gasteiger partial charge is 0.398 e. The van der Waals surface area contributed by atoms with Gasteiger partial charge in [-0.05, 0) is 37.5 Å². The van der Waals surface area contributed by atoms with Crippen LogP contribution in [0, 0.1) is 0 Å². The van der Waals surface area contributed by atoms with Crippen LogP contribution in [-0.4, -0.2) is 34.3 Å². The zero-order valence-electron chi connectivity index (χ0n) is 14.4. The van der Waals surface area contributed by atoms with Gasteiger partial charge in [-0.2, -0.15) is 9.97 Å². The van der Waals surface area contributed by atoms with Gasteiger partial charge in [-0.15, -0.1) is 0 Å². The lowest BCUT2D eigenvalue weighted by atomic mass is 9.93. The van der Waals surface area contributed by atoms with Crippen LogP contribution < -0.4 is 16.4 Å². The number of fused-ring (bicyclic) bond motifs is 1. The summed E-state index contributed by atoms with van der Waals surface area (Å²) in [7, 11) is 1.72. The first-order chi connectivity index (χ1) is 12.6. The predicted octanol–water partition coefficient (Wildman–Crippen LogP) is 3.95. The number of nitrogen functional groups attached to an aromatic ring is 1. The number of aromatic nitrogens is 3. The number of benzene rings is 1. The summed E-state index contributed by atoms with van der Waals surface area (Å²) in [5.74, 6) is 1.23. The molecule has 7 nitrogen and oxygen atoms in total. The van der Waals surface area contributed by atoms with Gasteiger partial charge in [0.25, 0.3) is 0 Å². The number of hydrogen-bond acceptors (Lipinski definition) is 6. The molecule has 8 heteroatoms. The molecule has 1 fully saturated rings. The minimum absolute atomic E-state index is 0.440. The lowest BCUT2D eigenvalue weighted by molar-refractivity contribution is 0.445. The number of nitrogens with one attached hydrogen (secondary N) is 3. The maximum Gasteiger partial charge on any atom is 0.231 e. The molecule has 1 aliphatic rings. The highest BCUT2D eigenvalue weighted by atomic mass is 35.5. The molecule has 0 spiro atoms. The van der Waals surface area contributed by atoms with Crippen molar-refractivity contribution in [3.05, 3.63) is 35.0 Å². The Morgan fingerprint density at radius 2 is 2.19 bits per heavy atom. The smallest absolute Gasteiger partial charge is 0.231 e. The Morgan fingerprint density at radius 3 is 2.88 bits per heavy atom. The molecule has 0 aliphatic heterocycles. The van der Waals surface area contributed by atoms with E-state index in [0.29, 0.717) is 28.3 Å². The van der Waals surface area contributed by atoms with E-state index in [1.807, 2.05) is 18.2 Å². The lowest BCUT2D eigenvalue weighted by Crippen LogP contribution is -2.27. The van der Waals surface area contributed by atoms with Crippen molar-refractivity contribution < 1.29 is 0 Å². The van der Waals surface area contributed by atoms with Gasteiger partial charge in [0.05, 0.1) is 10.4 Å². The van der Waals surface area contributed by atoms with Crippen LogP contribution in [0.5, 0.6) is 0 Å². The fourth-order valence-electron chi connectivity index (χ4n) is 2.94. The molecule has 1 saturated carbocycles. The van der Waals surface area contributed by atoms with Gasteiger partial charge in [-0.1, -0.05) is 11.6 Å². The van der Waals surface area contributed by atoms with Gasteiger partial charge in [0.15, 0.2) is 0 Å². The van der Waals surface area contributed by atoms with Crippen LogP contribution in [0.3, 0.4) is 0 Å². The summed E-state index contributed by atoms with van der Waals surface area (Å²) in [6.07, 6.45) is 6.99. The average molecular weight is 370 g/mol. The Balaban J connectivity index is 1.66. The maximum absolute atomic E-state index is 6.30.